The summed E-state index contributed by atoms with van der Waals surface area (Å²) in [6.45, 7) is 2.82. The van der Waals surface area contributed by atoms with Gasteiger partial charge >= 0.3 is 5.97 Å². The predicted molar refractivity (Wildman–Crippen MR) is 60.6 cm³/mol. The number of amides is 1. The summed E-state index contributed by atoms with van der Waals surface area (Å²) in [5, 5.41) is 8.83. The summed E-state index contributed by atoms with van der Waals surface area (Å²) in [4.78, 5) is 24.8. The summed E-state index contributed by atoms with van der Waals surface area (Å²) >= 11 is 0. The van der Waals surface area contributed by atoms with E-state index in [-0.39, 0.29) is 11.9 Å². The number of piperidine rings is 1. The molecule has 1 unspecified atom stereocenters. The van der Waals surface area contributed by atoms with Crippen molar-refractivity contribution in [3.8, 4) is 0 Å². The van der Waals surface area contributed by atoms with Crippen molar-refractivity contribution in [2.45, 2.75) is 57.3 Å². The molecule has 2 rings (SSSR count). The first-order valence-electron chi connectivity index (χ1n) is 6.28. The van der Waals surface area contributed by atoms with Gasteiger partial charge in [0.1, 0.15) is 6.10 Å². The summed E-state index contributed by atoms with van der Waals surface area (Å²) in [6, 6.07) is 0.253. The van der Waals surface area contributed by atoms with Crippen LogP contribution < -0.4 is 0 Å². The third-order valence-electron chi connectivity index (χ3n) is 3.66. The predicted octanol–water partition coefficient (Wildman–Crippen LogP) is 1.02. The van der Waals surface area contributed by atoms with Crippen molar-refractivity contribution >= 4 is 11.9 Å². The van der Waals surface area contributed by atoms with Crippen molar-refractivity contribution in [2.75, 3.05) is 6.54 Å². The van der Waals surface area contributed by atoms with Crippen LogP contribution in [-0.2, 0) is 14.3 Å². The number of carbonyl (C=O) groups is 2. The molecule has 0 aromatic heterocycles. The molecule has 3 atom stereocenters. The molecule has 5 nitrogen and oxygen atoms in total. The van der Waals surface area contributed by atoms with Crippen LogP contribution in [0.15, 0.2) is 0 Å². The van der Waals surface area contributed by atoms with E-state index in [1.54, 1.807) is 0 Å². The molecule has 2 saturated heterocycles. The summed E-state index contributed by atoms with van der Waals surface area (Å²) < 4.78 is 5.30. The molecule has 1 N–H and O–H groups in total. The quantitative estimate of drug-likeness (QED) is 0.783. The van der Waals surface area contributed by atoms with Crippen LogP contribution in [-0.4, -0.2) is 46.7 Å². The summed E-state index contributed by atoms with van der Waals surface area (Å²) in [5.74, 6) is -0.993. The van der Waals surface area contributed by atoms with Gasteiger partial charge in [-0.15, -0.1) is 0 Å². The Morgan fingerprint density at radius 2 is 1.88 bits per heavy atom. The molecule has 2 fully saturated rings. The Bertz CT molecular complexity index is 318. The summed E-state index contributed by atoms with van der Waals surface area (Å²) in [5.41, 5.74) is 0. The number of hydrogen-bond donors (Lipinski definition) is 1. The molecule has 96 valence electrons. The molecule has 5 heteroatoms. The first-order chi connectivity index (χ1) is 8.09. The van der Waals surface area contributed by atoms with Gasteiger partial charge in [-0.1, -0.05) is 0 Å². The number of carboxylic acids is 1. The summed E-state index contributed by atoms with van der Waals surface area (Å²) in [6.07, 6.45) is 2.84. The van der Waals surface area contributed by atoms with Crippen LogP contribution in [0.3, 0.4) is 0 Å². The number of carbonyl (C=O) groups excluding carboxylic acids is 1. The normalized spacial score (nSPS) is 33.7. The average Bonchev–Trinajstić information content (AvgIpc) is 2.78. The van der Waals surface area contributed by atoms with E-state index < -0.39 is 18.2 Å². The molecule has 0 aliphatic carbocycles. The Kier molecular flexibility index (Phi) is 3.66. The fourth-order valence-corrected chi connectivity index (χ4v) is 2.61. The molecule has 0 spiro atoms. The minimum Gasteiger partial charge on any atom is -0.479 e. The van der Waals surface area contributed by atoms with Crippen LogP contribution in [0.4, 0.5) is 0 Å². The minimum absolute atomic E-state index is 0.0269. The van der Waals surface area contributed by atoms with Crippen molar-refractivity contribution in [2.24, 2.45) is 0 Å². The van der Waals surface area contributed by atoms with E-state index in [9.17, 15) is 9.59 Å². The Balaban J connectivity index is 1.94. The lowest BCUT2D eigenvalue weighted by atomic mass is 10.0. The first kappa shape index (κ1) is 12.4. The van der Waals surface area contributed by atoms with Crippen molar-refractivity contribution in [1.29, 1.82) is 0 Å². The molecule has 1 amide bonds. The van der Waals surface area contributed by atoms with Gasteiger partial charge in [-0.05, 0) is 39.0 Å². The van der Waals surface area contributed by atoms with E-state index in [2.05, 4.69) is 0 Å². The van der Waals surface area contributed by atoms with Crippen LogP contribution >= 0.6 is 0 Å². The van der Waals surface area contributed by atoms with Gasteiger partial charge in [0.2, 0.25) is 0 Å². The zero-order valence-corrected chi connectivity index (χ0v) is 10.1. The van der Waals surface area contributed by atoms with Crippen LogP contribution in [0.1, 0.15) is 39.0 Å². The van der Waals surface area contributed by atoms with Gasteiger partial charge in [0.15, 0.2) is 6.10 Å². The van der Waals surface area contributed by atoms with E-state index in [4.69, 9.17) is 9.84 Å². The molecule has 2 heterocycles. The standard InChI is InChI=1S/C12H19NO4/c1-8-4-2-3-7-13(8)11(14)9-5-6-10(17-9)12(15)16/h8-10H,2-7H2,1H3,(H,15,16)/t8?,9-,10+/m0/s1. The zero-order valence-electron chi connectivity index (χ0n) is 10.1. The molecule has 0 saturated carbocycles. The second-order valence-corrected chi connectivity index (χ2v) is 4.91. The number of likely N-dealkylation sites (tertiary alicyclic amines) is 1. The Morgan fingerprint density at radius 3 is 2.47 bits per heavy atom. The highest BCUT2D eigenvalue weighted by molar-refractivity contribution is 5.83. The van der Waals surface area contributed by atoms with E-state index >= 15 is 0 Å². The molecule has 2 aliphatic rings. The van der Waals surface area contributed by atoms with Crippen molar-refractivity contribution in [3.05, 3.63) is 0 Å². The molecule has 2 aliphatic heterocycles. The highest BCUT2D eigenvalue weighted by atomic mass is 16.5. The van der Waals surface area contributed by atoms with Gasteiger partial charge in [0.25, 0.3) is 5.91 Å². The van der Waals surface area contributed by atoms with Crippen molar-refractivity contribution < 1.29 is 19.4 Å². The topological polar surface area (TPSA) is 66.8 Å². The molecule has 0 radical (unpaired) electrons. The lowest BCUT2D eigenvalue weighted by Gasteiger charge is -2.34. The van der Waals surface area contributed by atoms with E-state index in [0.717, 1.165) is 25.8 Å². The van der Waals surface area contributed by atoms with Gasteiger partial charge < -0.3 is 14.7 Å². The average molecular weight is 241 g/mol. The maximum Gasteiger partial charge on any atom is 0.332 e. The van der Waals surface area contributed by atoms with Crippen molar-refractivity contribution in [3.63, 3.8) is 0 Å². The van der Waals surface area contributed by atoms with Crippen LogP contribution in [0.25, 0.3) is 0 Å². The van der Waals surface area contributed by atoms with E-state index in [0.29, 0.717) is 12.8 Å². The van der Waals surface area contributed by atoms with Gasteiger partial charge in [0.05, 0.1) is 0 Å². The molecular weight excluding hydrogens is 222 g/mol. The molecule has 0 aromatic carbocycles. The highest BCUT2D eigenvalue weighted by Crippen LogP contribution is 2.25. The largest absolute Gasteiger partial charge is 0.479 e. The fraction of sp³-hybridized carbons (Fsp3) is 0.833. The number of ether oxygens (including phenoxy) is 1. The molecule has 17 heavy (non-hydrogen) atoms. The smallest absolute Gasteiger partial charge is 0.332 e. The van der Waals surface area contributed by atoms with Gasteiger partial charge in [0, 0.05) is 12.6 Å². The minimum atomic E-state index is -0.966. The maximum absolute atomic E-state index is 12.2. The Labute approximate surface area is 101 Å². The van der Waals surface area contributed by atoms with Gasteiger partial charge in [-0.3, -0.25) is 4.79 Å². The van der Waals surface area contributed by atoms with E-state index in [1.165, 1.54) is 0 Å². The zero-order chi connectivity index (χ0) is 12.4. The maximum atomic E-state index is 12.2. The number of hydrogen-bond acceptors (Lipinski definition) is 3. The lowest BCUT2D eigenvalue weighted by Crippen LogP contribution is -2.47. The third-order valence-corrected chi connectivity index (χ3v) is 3.66. The van der Waals surface area contributed by atoms with Crippen molar-refractivity contribution in [1.82, 2.24) is 4.90 Å². The number of nitrogens with zero attached hydrogens (tertiary/aromatic N) is 1. The van der Waals surface area contributed by atoms with Gasteiger partial charge in [-0.25, -0.2) is 4.79 Å². The van der Waals surface area contributed by atoms with E-state index in [1.807, 2.05) is 11.8 Å². The fourth-order valence-electron chi connectivity index (χ4n) is 2.61. The molecule has 0 aromatic rings. The Morgan fingerprint density at radius 1 is 1.18 bits per heavy atom. The second-order valence-electron chi connectivity index (χ2n) is 4.91. The second kappa shape index (κ2) is 5.04. The first-order valence-corrected chi connectivity index (χ1v) is 6.28. The SMILES string of the molecule is CC1CCCCN1C(=O)[C@@H]1CC[C@H](C(=O)O)O1. The van der Waals surface area contributed by atoms with Crippen LogP contribution in [0.5, 0.6) is 0 Å². The lowest BCUT2D eigenvalue weighted by molar-refractivity contribution is -0.156. The van der Waals surface area contributed by atoms with Gasteiger partial charge in [-0.2, -0.15) is 0 Å². The molecular formula is C12H19NO4. The monoisotopic (exact) mass is 241 g/mol. The number of carboxylic acid groups (broad SMARTS) is 1. The molecule has 0 bridgehead atoms. The summed E-state index contributed by atoms with van der Waals surface area (Å²) in [7, 11) is 0. The van der Waals surface area contributed by atoms with Crippen LogP contribution in [0.2, 0.25) is 0 Å². The van der Waals surface area contributed by atoms with Crippen LogP contribution in [0, 0.1) is 0 Å². The third kappa shape index (κ3) is 2.60. The number of rotatable bonds is 2. The number of aliphatic carboxylic acids is 1. The highest BCUT2D eigenvalue weighted by Gasteiger charge is 2.38. The Hall–Kier alpha value is -1.10.